The summed E-state index contributed by atoms with van der Waals surface area (Å²) in [6, 6.07) is 8.41. The van der Waals surface area contributed by atoms with Crippen molar-refractivity contribution in [3.05, 3.63) is 44.8 Å². The van der Waals surface area contributed by atoms with Crippen LogP contribution >= 0.6 is 46.2 Å². The van der Waals surface area contributed by atoms with E-state index in [0.29, 0.717) is 0 Å². The highest BCUT2D eigenvalue weighted by atomic mass is 32.2. The van der Waals surface area contributed by atoms with Crippen LogP contribution in [0, 0.1) is 0 Å². The number of thioether (sulfide) groups is 2. The first-order chi connectivity index (χ1) is 8.90. The van der Waals surface area contributed by atoms with Crippen LogP contribution in [0.15, 0.2) is 45.0 Å². The highest BCUT2D eigenvalue weighted by molar-refractivity contribution is 8.20. The third-order valence-corrected chi connectivity index (χ3v) is 7.15. The van der Waals surface area contributed by atoms with Crippen molar-refractivity contribution < 1.29 is 0 Å². The number of thiophene rings is 2. The van der Waals surface area contributed by atoms with E-state index in [9.17, 15) is 0 Å². The second-order valence-electron chi connectivity index (χ2n) is 3.84. The molecule has 18 heavy (non-hydrogen) atoms. The Morgan fingerprint density at radius 3 is 1.67 bits per heavy atom. The van der Waals surface area contributed by atoms with Crippen molar-refractivity contribution in [1.29, 1.82) is 0 Å². The minimum atomic E-state index is 0.268. The van der Waals surface area contributed by atoms with Gasteiger partial charge in [-0.2, -0.15) is 0 Å². The van der Waals surface area contributed by atoms with Gasteiger partial charge in [0.05, 0.1) is 9.75 Å². The summed E-state index contributed by atoms with van der Waals surface area (Å²) in [5, 5.41) is 7.04. The zero-order valence-corrected chi connectivity index (χ0v) is 12.4. The number of aliphatic imine (C=N–C) groups is 2. The first-order valence-corrected chi connectivity index (χ1v) is 8.99. The molecule has 2 aromatic heterocycles. The van der Waals surface area contributed by atoms with Gasteiger partial charge in [0.25, 0.3) is 0 Å². The Morgan fingerprint density at radius 1 is 0.778 bits per heavy atom. The minimum Gasteiger partial charge on any atom is -0.259 e. The van der Waals surface area contributed by atoms with E-state index in [2.05, 4.69) is 35.0 Å². The molecule has 0 saturated carbocycles. The van der Waals surface area contributed by atoms with Crippen LogP contribution in [-0.4, -0.2) is 20.8 Å². The highest BCUT2D eigenvalue weighted by Gasteiger charge is 2.37. The Kier molecular flexibility index (Phi) is 2.83. The van der Waals surface area contributed by atoms with Gasteiger partial charge in [0, 0.05) is 0 Å². The van der Waals surface area contributed by atoms with E-state index in [4.69, 9.17) is 9.98 Å². The second-order valence-corrected chi connectivity index (χ2v) is 7.95. The lowest BCUT2D eigenvalue weighted by molar-refractivity contribution is 0.898. The summed E-state index contributed by atoms with van der Waals surface area (Å²) in [7, 11) is 0. The predicted octanol–water partition coefficient (Wildman–Crippen LogP) is 4.15. The fourth-order valence-corrected chi connectivity index (χ4v) is 5.98. The molecule has 2 nitrogen and oxygen atoms in total. The third kappa shape index (κ3) is 1.87. The molecule has 4 heterocycles. The molecule has 0 radical (unpaired) electrons. The molecule has 2 aliphatic heterocycles. The predicted molar refractivity (Wildman–Crippen MR) is 84.5 cm³/mol. The van der Waals surface area contributed by atoms with Crippen molar-refractivity contribution >= 4 is 56.3 Å². The third-order valence-electron chi connectivity index (χ3n) is 2.66. The molecule has 0 spiro atoms. The molecule has 2 aromatic rings. The molecule has 2 aliphatic rings. The summed E-state index contributed by atoms with van der Waals surface area (Å²) in [6.07, 6.45) is 0. The molecule has 4 rings (SSSR count). The monoisotopic (exact) mass is 308 g/mol. The molecule has 0 unspecified atom stereocenters. The summed E-state index contributed by atoms with van der Waals surface area (Å²) in [5.41, 5.74) is 0. The quantitative estimate of drug-likeness (QED) is 0.832. The number of fused-ring (bicyclic) bond motifs is 1. The fraction of sp³-hybridized carbons (Fsp3) is 0.167. The Bertz CT molecular complexity index is 556. The second kappa shape index (κ2) is 4.52. The van der Waals surface area contributed by atoms with Crippen LogP contribution in [0.1, 0.15) is 9.75 Å². The normalized spacial score (nSPS) is 26.0. The SMILES string of the molecule is c1csc(C2=N[C@@H]3SC(c4cccs4)=N[C@@H]3S2)c1. The van der Waals surface area contributed by atoms with Crippen LogP contribution < -0.4 is 0 Å². The zero-order chi connectivity index (χ0) is 11.9. The average molecular weight is 308 g/mol. The van der Waals surface area contributed by atoms with Crippen molar-refractivity contribution in [1.82, 2.24) is 0 Å². The van der Waals surface area contributed by atoms with Crippen LogP contribution in [0.5, 0.6) is 0 Å². The maximum atomic E-state index is 4.80. The molecule has 0 aliphatic carbocycles. The maximum absolute atomic E-state index is 4.80. The van der Waals surface area contributed by atoms with Gasteiger partial charge in [-0.15, -0.1) is 22.7 Å². The van der Waals surface area contributed by atoms with Crippen LogP contribution in [-0.2, 0) is 0 Å². The summed E-state index contributed by atoms with van der Waals surface area (Å²) in [6.45, 7) is 0. The van der Waals surface area contributed by atoms with Crippen LogP contribution in [0.4, 0.5) is 0 Å². The van der Waals surface area contributed by atoms with Crippen LogP contribution in [0.2, 0.25) is 0 Å². The summed E-state index contributed by atoms with van der Waals surface area (Å²) >= 11 is 7.09. The van der Waals surface area contributed by atoms with Gasteiger partial charge in [-0.05, 0) is 22.9 Å². The van der Waals surface area contributed by atoms with Crippen molar-refractivity contribution in [2.24, 2.45) is 9.98 Å². The average Bonchev–Trinajstić information content (AvgIpc) is 3.13. The van der Waals surface area contributed by atoms with Crippen molar-refractivity contribution in [3.63, 3.8) is 0 Å². The molecular weight excluding hydrogens is 300 g/mol. The Labute approximate surface area is 121 Å². The lowest BCUT2D eigenvalue weighted by Crippen LogP contribution is -2.03. The van der Waals surface area contributed by atoms with Gasteiger partial charge in [0.1, 0.15) is 20.8 Å². The fourth-order valence-electron chi connectivity index (χ4n) is 1.86. The Balaban J connectivity index is 1.57. The molecule has 90 valence electrons. The van der Waals surface area contributed by atoms with E-state index >= 15 is 0 Å². The molecule has 0 amide bonds. The molecule has 0 aromatic carbocycles. The van der Waals surface area contributed by atoms with Gasteiger partial charge in [-0.3, -0.25) is 9.98 Å². The molecular formula is C12H8N2S4. The Morgan fingerprint density at radius 2 is 1.28 bits per heavy atom. The standard InChI is InChI=1S/C12H8N2S4/c1-3-7(15-5-1)9-13-11-12(17-9)14-10(18-11)8-4-2-6-16-8/h1-6,11-12H/t11-,12-/m1/s1. The highest BCUT2D eigenvalue weighted by Crippen LogP contribution is 2.44. The van der Waals surface area contributed by atoms with Crippen molar-refractivity contribution in [2.45, 2.75) is 10.7 Å². The van der Waals surface area contributed by atoms with E-state index in [-0.39, 0.29) is 10.7 Å². The minimum absolute atomic E-state index is 0.268. The smallest absolute Gasteiger partial charge is 0.135 e. The topological polar surface area (TPSA) is 24.7 Å². The summed E-state index contributed by atoms with van der Waals surface area (Å²) in [4.78, 5) is 12.1. The Hall–Kier alpha value is -0.560. The lowest BCUT2D eigenvalue weighted by Gasteiger charge is -1.99. The molecule has 6 heteroatoms. The molecule has 0 N–H and O–H groups in total. The van der Waals surface area contributed by atoms with Gasteiger partial charge in [0.2, 0.25) is 0 Å². The molecule has 2 atom stereocenters. The van der Waals surface area contributed by atoms with E-state index in [1.807, 2.05) is 0 Å². The van der Waals surface area contributed by atoms with E-state index in [1.54, 1.807) is 46.2 Å². The van der Waals surface area contributed by atoms with Crippen molar-refractivity contribution in [3.8, 4) is 0 Å². The number of hydrogen-bond acceptors (Lipinski definition) is 6. The summed E-state index contributed by atoms with van der Waals surface area (Å²) < 4.78 is 0. The number of hydrogen-bond donors (Lipinski definition) is 0. The van der Waals surface area contributed by atoms with Crippen molar-refractivity contribution in [2.75, 3.05) is 0 Å². The van der Waals surface area contributed by atoms with E-state index in [0.717, 1.165) is 10.1 Å². The van der Waals surface area contributed by atoms with E-state index in [1.165, 1.54) is 9.75 Å². The number of rotatable bonds is 2. The first kappa shape index (κ1) is 11.3. The maximum Gasteiger partial charge on any atom is 0.135 e. The molecule has 0 fully saturated rings. The molecule has 0 saturated heterocycles. The van der Waals surface area contributed by atoms with Gasteiger partial charge in [-0.25, -0.2) is 0 Å². The van der Waals surface area contributed by atoms with Gasteiger partial charge < -0.3 is 0 Å². The summed E-state index contributed by atoms with van der Waals surface area (Å²) in [5.74, 6) is 0. The van der Waals surface area contributed by atoms with Gasteiger partial charge >= 0.3 is 0 Å². The van der Waals surface area contributed by atoms with Gasteiger partial charge in [-0.1, -0.05) is 35.7 Å². The van der Waals surface area contributed by atoms with Crippen LogP contribution in [0.25, 0.3) is 0 Å². The lowest BCUT2D eigenvalue weighted by atomic mass is 10.5. The first-order valence-electron chi connectivity index (χ1n) is 5.47. The molecule has 0 bridgehead atoms. The van der Waals surface area contributed by atoms with Gasteiger partial charge in [0.15, 0.2) is 0 Å². The largest absolute Gasteiger partial charge is 0.259 e. The van der Waals surface area contributed by atoms with E-state index < -0.39 is 0 Å². The number of nitrogens with zero attached hydrogens (tertiary/aromatic N) is 2. The zero-order valence-electron chi connectivity index (χ0n) is 9.15. The van der Waals surface area contributed by atoms with Crippen LogP contribution in [0.3, 0.4) is 0 Å².